The summed E-state index contributed by atoms with van der Waals surface area (Å²) in [7, 11) is 1.56. The quantitative estimate of drug-likeness (QED) is 0.417. The summed E-state index contributed by atoms with van der Waals surface area (Å²) < 4.78 is 42.3. The lowest BCUT2D eigenvalue weighted by molar-refractivity contribution is -0.135. The molecule has 2 atom stereocenters. The van der Waals surface area contributed by atoms with Gasteiger partial charge in [-0.1, -0.05) is 6.58 Å². The van der Waals surface area contributed by atoms with Crippen molar-refractivity contribution in [2.45, 2.75) is 37.6 Å². The van der Waals surface area contributed by atoms with Gasteiger partial charge in [-0.05, 0) is 18.9 Å². The molecule has 0 spiro atoms. The topological polar surface area (TPSA) is 112 Å². The van der Waals surface area contributed by atoms with Crippen LogP contribution in [-0.4, -0.2) is 76.7 Å². The molecule has 0 bridgehead atoms. The first-order valence-corrected chi connectivity index (χ1v) is 10.1. The lowest BCUT2D eigenvalue weighted by atomic mass is 10.0. The molecule has 9 nitrogen and oxygen atoms in total. The third kappa shape index (κ3) is 5.75. The fraction of sp³-hybridized carbons (Fsp3) is 0.500. The fourth-order valence-corrected chi connectivity index (χ4v) is 3.56. The van der Waals surface area contributed by atoms with Gasteiger partial charge < -0.3 is 25.3 Å². The first-order chi connectivity index (χ1) is 15.2. The lowest BCUT2D eigenvalue weighted by Crippen LogP contribution is -2.52. The van der Waals surface area contributed by atoms with E-state index in [2.05, 4.69) is 32.2 Å². The molecule has 2 amide bonds. The van der Waals surface area contributed by atoms with Crippen molar-refractivity contribution in [1.82, 2.24) is 25.2 Å². The maximum absolute atomic E-state index is 12.4. The second-order valence-corrected chi connectivity index (χ2v) is 7.43. The van der Waals surface area contributed by atoms with Gasteiger partial charge in [-0.2, -0.15) is 13.2 Å². The Labute approximate surface area is 182 Å². The van der Waals surface area contributed by atoms with Gasteiger partial charge >= 0.3 is 6.18 Å². The van der Waals surface area contributed by atoms with Crippen molar-refractivity contribution in [2.75, 3.05) is 32.1 Å². The summed E-state index contributed by atoms with van der Waals surface area (Å²) in [6.07, 6.45) is -0.907. The predicted molar refractivity (Wildman–Crippen MR) is 111 cm³/mol. The molecule has 0 unspecified atom stereocenters. The Morgan fingerprint density at radius 3 is 2.91 bits per heavy atom. The van der Waals surface area contributed by atoms with Gasteiger partial charge in [0.2, 0.25) is 5.91 Å². The summed E-state index contributed by atoms with van der Waals surface area (Å²) in [5.41, 5.74) is 0.875. The van der Waals surface area contributed by atoms with Crippen molar-refractivity contribution in [2.24, 2.45) is 0 Å². The first-order valence-electron chi connectivity index (χ1n) is 10.1. The molecule has 2 aromatic rings. The summed E-state index contributed by atoms with van der Waals surface area (Å²) in [5.74, 6) is -0.278. The van der Waals surface area contributed by atoms with Crippen molar-refractivity contribution in [1.29, 1.82) is 0 Å². The van der Waals surface area contributed by atoms with E-state index in [4.69, 9.17) is 4.74 Å². The number of aromatic amines is 1. The van der Waals surface area contributed by atoms with E-state index in [1.807, 2.05) is 0 Å². The van der Waals surface area contributed by atoms with Crippen molar-refractivity contribution in [3.63, 3.8) is 0 Å². The van der Waals surface area contributed by atoms with Gasteiger partial charge in [0.15, 0.2) is 5.65 Å². The smallest absolute Gasteiger partial charge is 0.377 e. The molecule has 0 saturated carbocycles. The van der Waals surface area contributed by atoms with Gasteiger partial charge in [0.25, 0.3) is 5.91 Å². The molecule has 0 aromatic carbocycles. The third-order valence-corrected chi connectivity index (χ3v) is 5.23. The number of hydrogen-bond donors (Lipinski definition) is 3. The second-order valence-electron chi connectivity index (χ2n) is 7.43. The van der Waals surface area contributed by atoms with Crippen LogP contribution < -0.4 is 10.6 Å². The Hall–Kier alpha value is -3.15. The number of aromatic nitrogens is 3. The number of fused-ring (bicyclic) bond motifs is 1. The van der Waals surface area contributed by atoms with Crippen molar-refractivity contribution in [3.8, 4) is 0 Å². The molecule has 3 N–H and O–H groups in total. The van der Waals surface area contributed by atoms with Crippen LogP contribution in [0.15, 0.2) is 25.0 Å². The number of ether oxygens (including phenoxy) is 1. The molecule has 1 saturated heterocycles. The molecule has 174 valence electrons. The molecule has 1 aliphatic heterocycles. The highest BCUT2D eigenvalue weighted by Crippen LogP contribution is 2.22. The van der Waals surface area contributed by atoms with Gasteiger partial charge in [-0.15, -0.1) is 0 Å². The normalized spacial score (nSPS) is 19.1. The van der Waals surface area contributed by atoms with E-state index >= 15 is 0 Å². The highest BCUT2D eigenvalue weighted by atomic mass is 19.4. The number of piperidine rings is 1. The minimum atomic E-state index is -4.26. The monoisotopic (exact) mass is 454 g/mol. The Bertz CT molecular complexity index is 977. The number of halogens is 3. The minimum absolute atomic E-state index is 0.103. The number of amides is 2. The van der Waals surface area contributed by atoms with E-state index < -0.39 is 18.5 Å². The number of likely N-dealkylation sites (tertiary alicyclic amines) is 1. The zero-order valence-corrected chi connectivity index (χ0v) is 17.5. The Morgan fingerprint density at radius 2 is 2.22 bits per heavy atom. The van der Waals surface area contributed by atoms with Gasteiger partial charge in [-0.3, -0.25) is 9.59 Å². The molecular formula is C20H25F3N6O3. The molecule has 0 radical (unpaired) electrons. The van der Waals surface area contributed by atoms with Crippen LogP contribution in [0.1, 0.15) is 29.6 Å². The summed E-state index contributed by atoms with van der Waals surface area (Å²) >= 11 is 0. The predicted octanol–water partition coefficient (Wildman–Crippen LogP) is 2.24. The molecule has 2 aromatic heterocycles. The van der Waals surface area contributed by atoms with E-state index in [1.165, 1.54) is 18.5 Å². The Morgan fingerprint density at radius 1 is 1.44 bits per heavy atom. The maximum Gasteiger partial charge on any atom is 0.389 e. The van der Waals surface area contributed by atoms with Crippen molar-refractivity contribution >= 4 is 28.8 Å². The zero-order valence-electron chi connectivity index (χ0n) is 17.5. The summed E-state index contributed by atoms with van der Waals surface area (Å²) in [6, 6.07) is -0.140. The van der Waals surface area contributed by atoms with Crippen LogP contribution in [0, 0.1) is 0 Å². The first kappa shape index (κ1) is 23.5. The van der Waals surface area contributed by atoms with E-state index in [0.717, 1.165) is 0 Å². The average Bonchev–Trinajstić information content (AvgIpc) is 3.19. The molecule has 12 heteroatoms. The largest absolute Gasteiger partial charge is 0.389 e. The van der Waals surface area contributed by atoms with E-state index in [1.54, 1.807) is 12.0 Å². The molecular weight excluding hydrogens is 429 g/mol. The van der Waals surface area contributed by atoms with Crippen molar-refractivity contribution in [3.05, 3.63) is 30.6 Å². The number of alkyl halides is 3. The fourth-order valence-electron chi connectivity index (χ4n) is 3.56. The van der Waals surface area contributed by atoms with Gasteiger partial charge in [-0.25, -0.2) is 9.97 Å². The number of methoxy groups -OCH3 is 1. The zero-order chi connectivity index (χ0) is 23.3. The summed E-state index contributed by atoms with van der Waals surface area (Å²) in [4.78, 5) is 37.5. The van der Waals surface area contributed by atoms with Crippen LogP contribution in [0.3, 0.4) is 0 Å². The second kappa shape index (κ2) is 9.98. The van der Waals surface area contributed by atoms with Crippen LogP contribution in [0.25, 0.3) is 11.2 Å². The van der Waals surface area contributed by atoms with Gasteiger partial charge in [0.05, 0.1) is 23.9 Å². The molecule has 0 aliphatic carbocycles. The highest BCUT2D eigenvalue weighted by Gasteiger charge is 2.31. The van der Waals surface area contributed by atoms with E-state index in [0.29, 0.717) is 36.5 Å². The number of carbonyl (C=O) groups excluding carboxylic acids is 2. The maximum atomic E-state index is 12.4. The molecule has 3 rings (SSSR count). The van der Waals surface area contributed by atoms with Crippen LogP contribution in [-0.2, 0) is 9.53 Å². The third-order valence-electron chi connectivity index (χ3n) is 5.23. The number of nitrogens with one attached hydrogen (secondary N) is 3. The number of carbonyl (C=O) groups is 2. The van der Waals surface area contributed by atoms with Crippen LogP contribution in [0.2, 0.25) is 0 Å². The van der Waals surface area contributed by atoms with E-state index in [9.17, 15) is 22.8 Å². The number of hydrogen-bond acceptors (Lipinski definition) is 6. The van der Waals surface area contributed by atoms with Gasteiger partial charge in [0, 0.05) is 39.4 Å². The average molecular weight is 454 g/mol. The Balaban J connectivity index is 1.67. The number of anilines is 1. The number of nitrogens with zero attached hydrogens (tertiary/aromatic N) is 3. The SMILES string of the molecule is C=CC(=O)N1CC[C@H](Nc2cnc3[nH]cc(C(=O)NCCCC(F)(F)F)c3n2)[C@H](OC)C1. The Kier molecular flexibility index (Phi) is 7.33. The van der Waals surface area contributed by atoms with Gasteiger partial charge in [0.1, 0.15) is 11.3 Å². The standard InChI is InChI=1S/C20H25F3N6O3/c1-3-16(30)29-8-5-13(14(11-29)32-2)27-15-10-26-18-17(28-15)12(9-25-18)19(31)24-7-4-6-20(21,22)23/h3,9-10,13-14H,1,4-8,11H2,2H3,(H,24,31)(H,25,26)(H,27,28)/t13-,14+/m0/s1. The van der Waals surface area contributed by atoms with Crippen LogP contribution >= 0.6 is 0 Å². The number of rotatable bonds is 8. The summed E-state index contributed by atoms with van der Waals surface area (Å²) in [6.45, 7) is 4.31. The lowest BCUT2D eigenvalue weighted by Gasteiger charge is -2.37. The molecule has 1 aliphatic rings. The van der Waals surface area contributed by atoms with Crippen molar-refractivity contribution < 1.29 is 27.5 Å². The minimum Gasteiger partial charge on any atom is -0.377 e. The molecule has 3 heterocycles. The number of H-pyrrole nitrogens is 1. The van der Waals surface area contributed by atoms with Crippen LogP contribution in [0.5, 0.6) is 0 Å². The summed E-state index contributed by atoms with van der Waals surface area (Å²) in [5, 5.41) is 5.72. The molecule has 32 heavy (non-hydrogen) atoms. The van der Waals surface area contributed by atoms with E-state index in [-0.39, 0.29) is 36.6 Å². The highest BCUT2D eigenvalue weighted by molar-refractivity contribution is 6.04. The molecule has 1 fully saturated rings. The van der Waals surface area contributed by atoms with Crippen LogP contribution in [0.4, 0.5) is 19.0 Å².